The molecule has 156 valence electrons. The van der Waals surface area contributed by atoms with Crippen LogP contribution in [0.1, 0.15) is 42.4 Å². The number of aromatic nitrogens is 4. The highest BCUT2D eigenvalue weighted by molar-refractivity contribution is 5.91. The van der Waals surface area contributed by atoms with Crippen molar-refractivity contribution in [1.82, 2.24) is 25.2 Å². The average Bonchev–Trinajstić information content (AvgIpc) is 3.43. The van der Waals surface area contributed by atoms with E-state index in [1.165, 1.54) is 10.7 Å². The van der Waals surface area contributed by atoms with Crippen LogP contribution in [0.2, 0.25) is 0 Å². The molecule has 1 aliphatic carbocycles. The number of hydrogen-bond acceptors (Lipinski definition) is 7. The Balaban J connectivity index is 1.27. The molecule has 2 N–H and O–H groups in total. The minimum absolute atomic E-state index is 0.197. The van der Waals surface area contributed by atoms with Crippen molar-refractivity contribution >= 4 is 11.7 Å². The van der Waals surface area contributed by atoms with E-state index in [1.807, 2.05) is 19.1 Å². The lowest BCUT2D eigenvalue weighted by Crippen LogP contribution is -2.28. The van der Waals surface area contributed by atoms with Crippen molar-refractivity contribution in [2.24, 2.45) is 5.92 Å². The molecule has 3 aromatic heterocycles. The number of anilines is 1. The van der Waals surface area contributed by atoms with E-state index < -0.39 is 0 Å². The van der Waals surface area contributed by atoms with Crippen molar-refractivity contribution in [3.63, 3.8) is 0 Å². The number of nitrogens with one attached hydrogen (secondary N) is 2. The molecule has 0 aromatic carbocycles. The van der Waals surface area contributed by atoms with E-state index >= 15 is 0 Å². The molecule has 0 saturated heterocycles. The predicted octanol–water partition coefficient (Wildman–Crippen LogP) is 2.19. The summed E-state index contributed by atoms with van der Waals surface area (Å²) in [7, 11) is 0. The Morgan fingerprint density at radius 1 is 1.30 bits per heavy atom. The number of carbonyl (C=O) groups excluding carboxylic acids is 1. The molecule has 3 aromatic rings. The molecular weight excluding hydrogens is 384 g/mol. The number of rotatable bonds is 7. The summed E-state index contributed by atoms with van der Waals surface area (Å²) < 4.78 is 6.38. The minimum atomic E-state index is -0.222. The van der Waals surface area contributed by atoms with E-state index in [1.54, 1.807) is 24.5 Å². The van der Waals surface area contributed by atoms with Gasteiger partial charge < -0.3 is 15.2 Å². The first-order chi connectivity index (χ1) is 14.6. The van der Waals surface area contributed by atoms with Crippen molar-refractivity contribution in [3.05, 3.63) is 64.5 Å². The molecule has 3 heterocycles. The van der Waals surface area contributed by atoms with Crippen LogP contribution in [0.3, 0.4) is 0 Å². The van der Waals surface area contributed by atoms with Gasteiger partial charge in [0.05, 0.1) is 17.6 Å². The summed E-state index contributed by atoms with van der Waals surface area (Å²) in [6.45, 7) is 2.57. The van der Waals surface area contributed by atoms with Gasteiger partial charge in [-0.15, -0.1) is 0 Å². The zero-order valence-electron chi connectivity index (χ0n) is 16.7. The summed E-state index contributed by atoms with van der Waals surface area (Å²) in [4.78, 5) is 28.4. The molecule has 2 atom stereocenters. The normalized spacial score (nSPS) is 18.3. The molecule has 1 amide bonds. The number of aryl methyl sites for hydroxylation is 1. The molecule has 0 bridgehead atoms. The number of hydrogen-bond donors (Lipinski definition) is 2. The average molecular weight is 408 g/mol. The van der Waals surface area contributed by atoms with E-state index in [-0.39, 0.29) is 17.2 Å². The molecule has 4 rings (SSSR count). The molecule has 0 aliphatic heterocycles. The van der Waals surface area contributed by atoms with Crippen LogP contribution in [0.15, 0.2) is 52.0 Å². The first kappa shape index (κ1) is 19.8. The van der Waals surface area contributed by atoms with Gasteiger partial charge in [-0.1, -0.05) is 12.1 Å². The Morgan fingerprint density at radius 2 is 2.20 bits per heavy atom. The molecule has 1 aliphatic rings. The zero-order valence-corrected chi connectivity index (χ0v) is 16.7. The maximum atomic E-state index is 12.2. The van der Waals surface area contributed by atoms with E-state index in [0.717, 1.165) is 37.2 Å². The van der Waals surface area contributed by atoms with E-state index in [2.05, 4.69) is 25.9 Å². The van der Waals surface area contributed by atoms with Gasteiger partial charge in [0.1, 0.15) is 5.82 Å². The molecule has 0 radical (unpaired) electrons. The molecule has 1 saturated carbocycles. The van der Waals surface area contributed by atoms with Crippen LogP contribution >= 0.6 is 0 Å². The summed E-state index contributed by atoms with van der Waals surface area (Å²) >= 11 is 0. The van der Waals surface area contributed by atoms with Gasteiger partial charge in [-0.3, -0.25) is 9.59 Å². The van der Waals surface area contributed by atoms with Crippen LogP contribution in [-0.4, -0.2) is 38.4 Å². The van der Waals surface area contributed by atoms with Crippen molar-refractivity contribution < 1.29 is 9.32 Å². The van der Waals surface area contributed by atoms with Gasteiger partial charge in [-0.25, -0.2) is 4.98 Å². The first-order valence-electron chi connectivity index (χ1n) is 10.1. The second-order valence-corrected chi connectivity index (χ2v) is 7.44. The highest BCUT2D eigenvalue weighted by atomic mass is 16.5. The molecule has 0 spiro atoms. The highest BCUT2D eigenvalue weighted by Crippen LogP contribution is 2.27. The fraction of sp³-hybridized carbons (Fsp3) is 0.381. The summed E-state index contributed by atoms with van der Waals surface area (Å²) in [6, 6.07) is 8.71. The standard InChI is InChI=1S/C21H24N6O3/c1-2-15-11-18(30-26-15)21(29)23-12-14-5-6-16(10-14)25-19-8-7-17(13-22-19)27-20(28)4-3-9-24-27/h3-4,7-9,11,13-14,16H,2,5-6,10,12H2,1H3,(H,22,25)(H,23,29)/t14-,16+/m1/s1. The molecule has 30 heavy (non-hydrogen) atoms. The zero-order chi connectivity index (χ0) is 20.9. The van der Waals surface area contributed by atoms with Crippen molar-refractivity contribution in [2.45, 2.75) is 38.6 Å². The summed E-state index contributed by atoms with van der Waals surface area (Å²) in [5.74, 6) is 1.19. The molecule has 0 unspecified atom stereocenters. The first-order valence-corrected chi connectivity index (χ1v) is 10.1. The highest BCUT2D eigenvalue weighted by Gasteiger charge is 2.25. The Bertz CT molecular complexity index is 1060. The van der Waals surface area contributed by atoms with Gasteiger partial charge in [0.2, 0.25) is 5.76 Å². The minimum Gasteiger partial charge on any atom is -0.367 e. The van der Waals surface area contributed by atoms with Crippen molar-refractivity contribution in [3.8, 4) is 5.69 Å². The van der Waals surface area contributed by atoms with Gasteiger partial charge in [0.15, 0.2) is 0 Å². The number of amides is 1. The van der Waals surface area contributed by atoms with Crippen LogP contribution in [0, 0.1) is 5.92 Å². The second-order valence-electron chi connectivity index (χ2n) is 7.44. The fourth-order valence-electron chi connectivity index (χ4n) is 3.66. The smallest absolute Gasteiger partial charge is 0.289 e. The number of pyridine rings is 1. The lowest BCUT2D eigenvalue weighted by molar-refractivity contribution is 0.0910. The third kappa shape index (κ3) is 4.56. The van der Waals surface area contributed by atoms with Gasteiger partial charge in [-0.2, -0.15) is 9.78 Å². The van der Waals surface area contributed by atoms with Crippen molar-refractivity contribution in [1.29, 1.82) is 0 Å². The topological polar surface area (TPSA) is 115 Å². The molecule has 9 nitrogen and oxygen atoms in total. The third-order valence-corrected chi connectivity index (χ3v) is 5.30. The quantitative estimate of drug-likeness (QED) is 0.616. The summed E-state index contributed by atoms with van der Waals surface area (Å²) in [5, 5.41) is 14.3. The maximum absolute atomic E-state index is 12.2. The van der Waals surface area contributed by atoms with Crippen LogP contribution in [0.4, 0.5) is 5.82 Å². The Hall–Kier alpha value is -3.49. The van der Waals surface area contributed by atoms with Crippen LogP contribution in [-0.2, 0) is 6.42 Å². The van der Waals surface area contributed by atoms with Crippen LogP contribution < -0.4 is 16.2 Å². The Labute approximate surface area is 173 Å². The maximum Gasteiger partial charge on any atom is 0.289 e. The Morgan fingerprint density at radius 3 is 2.93 bits per heavy atom. The summed E-state index contributed by atoms with van der Waals surface area (Å²) in [6.07, 6.45) is 6.91. The lowest BCUT2D eigenvalue weighted by Gasteiger charge is -2.14. The monoisotopic (exact) mass is 408 g/mol. The predicted molar refractivity (Wildman–Crippen MR) is 111 cm³/mol. The SMILES string of the molecule is CCc1cc(C(=O)NC[C@@H]2CC[C@H](Nc3ccc(-n4ncccc4=O)cn3)C2)on1. The lowest BCUT2D eigenvalue weighted by atomic mass is 10.1. The van der Waals surface area contributed by atoms with Gasteiger partial charge >= 0.3 is 0 Å². The molecule has 1 fully saturated rings. The van der Waals surface area contributed by atoms with E-state index in [0.29, 0.717) is 24.2 Å². The number of carbonyl (C=O) groups is 1. The van der Waals surface area contributed by atoms with Gasteiger partial charge in [-0.05, 0) is 49.8 Å². The summed E-state index contributed by atoms with van der Waals surface area (Å²) in [5.41, 5.74) is 1.20. The molecular formula is C21H24N6O3. The third-order valence-electron chi connectivity index (χ3n) is 5.30. The van der Waals surface area contributed by atoms with Crippen molar-refractivity contribution in [2.75, 3.05) is 11.9 Å². The van der Waals surface area contributed by atoms with E-state index in [9.17, 15) is 9.59 Å². The largest absolute Gasteiger partial charge is 0.367 e. The Kier molecular flexibility index (Phi) is 5.87. The van der Waals surface area contributed by atoms with Gasteiger partial charge in [0.25, 0.3) is 11.5 Å². The van der Waals surface area contributed by atoms with Crippen LogP contribution in [0.25, 0.3) is 5.69 Å². The number of nitrogens with zero attached hydrogens (tertiary/aromatic N) is 4. The molecule has 9 heteroatoms. The van der Waals surface area contributed by atoms with Crippen LogP contribution in [0.5, 0.6) is 0 Å². The fourth-order valence-corrected chi connectivity index (χ4v) is 3.66. The van der Waals surface area contributed by atoms with E-state index in [4.69, 9.17) is 4.52 Å². The second kappa shape index (κ2) is 8.89. The van der Waals surface area contributed by atoms with Gasteiger partial charge in [0, 0.05) is 30.9 Å².